The molecule has 0 saturated carbocycles. The lowest BCUT2D eigenvalue weighted by Gasteiger charge is -2.32. The number of pyridine rings is 2. The van der Waals surface area contributed by atoms with Crippen molar-refractivity contribution in [1.29, 1.82) is 0 Å². The number of hydrogen-bond acceptors (Lipinski definition) is 7. The van der Waals surface area contributed by atoms with Crippen LogP contribution in [0, 0.1) is 6.92 Å². The van der Waals surface area contributed by atoms with Gasteiger partial charge in [0.2, 0.25) is 0 Å². The molecule has 1 fully saturated rings. The summed E-state index contributed by atoms with van der Waals surface area (Å²) in [4.78, 5) is 36.3. The van der Waals surface area contributed by atoms with Crippen LogP contribution in [-0.4, -0.2) is 59.9 Å². The van der Waals surface area contributed by atoms with Gasteiger partial charge in [-0.15, -0.1) is 0 Å². The summed E-state index contributed by atoms with van der Waals surface area (Å²) in [6, 6.07) is 17.3. The Bertz CT molecular complexity index is 1700. The normalized spacial score (nSPS) is 14.7. The summed E-state index contributed by atoms with van der Waals surface area (Å²) >= 11 is 6.80. The average molecular weight is 650 g/mol. The van der Waals surface area contributed by atoms with Gasteiger partial charge in [0.25, 0.3) is 17.7 Å². The highest BCUT2D eigenvalue weighted by molar-refractivity contribution is 6.36. The van der Waals surface area contributed by atoms with E-state index < -0.39 is 24.0 Å². The first-order chi connectivity index (χ1) is 22.1. The van der Waals surface area contributed by atoms with Gasteiger partial charge < -0.3 is 20.1 Å². The average Bonchev–Trinajstić information content (AvgIpc) is 3.04. The summed E-state index contributed by atoms with van der Waals surface area (Å²) in [5.74, 6) is -3.54. The number of benzene rings is 2. The molecule has 240 valence electrons. The number of likely N-dealkylation sites (tertiary alicyclic amines) is 1. The number of piperidine rings is 1. The Kier molecular flexibility index (Phi) is 10.4. The number of nitrogens with zero attached hydrogens (tertiary/aromatic N) is 3. The molecule has 2 amide bonds. The van der Waals surface area contributed by atoms with Gasteiger partial charge in [-0.05, 0) is 60.8 Å². The molecule has 0 bridgehead atoms. The van der Waals surface area contributed by atoms with E-state index in [1.54, 1.807) is 53.4 Å². The number of rotatable bonds is 10. The van der Waals surface area contributed by atoms with Gasteiger partial charge in [0.05, 0.1) is 17.3 Å². The predicted octanol–water partition coefficient (Wildman–Crippen LogP) is 7.13. The number of carbonyl (C=O) groups is 2. The highest BCUT2D eigenvalue weighted by Gasteiger charge is 2.35. The molecule has 0 radical (unpaired) electrons. The van der Waals surface area contributed by atoms with E-state index in [2.05, 4.69) is 20.6 Å². The third-order valence-electron chi connectivity index (χ3n) is 7.77. The van der Waals surface area contributed by atoms with Gasteiger partial charge in [-0.1, -0.05) is 48.0 Å². The third-order valence-corrected chi connectivity index (χ3v) is 8.18. The van der Waals surface area contributed by atoms with Crippen LogP contribution >= 0.6 is 11.6 Å². The molecule has 46 heavy (non-hydrogen) atoms. The molecule has 2 N–H and O–H groups in total. The van der Waals surface area contributed by atoms with Crippen molar-refractivity contribution in [3.8, 4) is 11.1 Å². The Balaban J connectivity index is 1.27. The van der Waals surface area contributed by atoms with Crippen molar-refractivity contribution >= 4 is 34.8 Å². The first kappa shape index (κ1) is 33.1. The molecule has 0 spiro atoms. The maximum atomic E-state index is 13.8. The molecule has 0 aliphatic carbocycles. The fraction of sp³-hybridized carbons (Fsp3) is 0.294. The minimum Gasteiger partial charge on any atom is -0.352 e. The van der Waals surface area contributed by atoms with Gasteiger partial charge in [0.15, 0.2) is 6.29 Å². The van der Waals surface area contributed by atoms with E-state index in [1.807, 2.05) is 19.1 Å². The monoisotopic (exact) mass is 649 g/mol. The Morgan fingerprint density at radius 1 is 0.913 bits per heavy atom. The molecule has 12 heteroatoms. The number of nitrogens with one attached hydrogen (secondary N) is 2. The van der Waals surface area contributed by atoms with Crippen molar-refractivity contribution in [1.82, 2.24) is 14.9 Å². The van der Waals surface area contributed by atoms with E-state index in [4.69, 9.17) is 21.1 Å². The Labute approximate surface area is 270 Å². The maximum Gasteiger partial charge on any atom is 0.274 e. The number of aromatic nitrogens is 2. The number of carbonyl (C=O) groups excluding carboxylic acids is 2. The smallest absolute Gasteiger partial charge is 0.274 e. The van der Waals surface area contributed by atoms with Crippen LogP contribution in [0.4, 0.5) is 20.2 Å². The molecule has 2 aromatic carbocycles. The van der Waals surface area contributed by atoms with E-state index in [0.717, 1.165) is 16.7 Å². The van der Waals surface area contributed by atoms with E-state index in [9.17, 15) is 18.4 Å². The van der Waals surface area contributed by atoms with Crippen LogP contribution in [0.25, 0.3) is 11.1 Å². The van der Waals surface area contributed by atoms with Crippen molar-refractivity contribution in [3.63, 3.8) is 0 Å². The van der Waals surface area contributed by atoms with Crippen LogP contribution in [0.15, 0.2) is 73.1 Å². The predicted molar refractivity (Wildman–Crippen MR) is 172 cm³/mol. The summed E-state index contributed by atoms with van der Waals surface area (Å²) in [6.45, 7) is 2.51. The van der Waals surface area contributed by atoms with E-state index in [-0.39, 0.29) is 24.4 Å². The lowest BCUT2D eigenvalue weighted by atomic mass is 9.98. The van der Waals surface area contributed by atoms with Gasteiger partial charge >= 0.3 is 0 Å². The second-order valence-corrected chi connectivity index (χ2v) is 11.4. The minimum absolute atomic E-state index is 0.0921. The van der Waals surface area contributed by atoms with Crippen LogP contribution in [0.1, 0.15) is 56.8 Å². The fourth-order valence-corrected chi connectivity index (χ4v) is 5.69. The van der Waals surface area contributed by atoms with E-state index >= 15 is 0 Å². The van der Waals surface area contributed by atoms with Crippen molar-refractivity contribution < 1.29 is 27.8 Å². The van der Waals surface area contributed by atoms with Crippen LogP contribution < -0.4 is 10.6 Å². The summed E-state index contributed by atoms with van der Waals surface area (Å²) in [5, 5.41) is 6.04. The number of anilines is 2. The van der Waals surface area contributed by atoms with E-state index in [0.29, 0.717) is 47.0 Å². The summed E-state index contributed by atoms with van der Waals surface area (Å²) in [7, 11) is 3.03. The molecule has 1 saturated heterocycles. The maximum absolute atomic E-state index is 13.8. The molecular weight excluding hydrogens is 616 g/mol. The number of halogens is 3. The summed E-state index contributed by atoms with van der Waals surface area (Å²) in [6.07, 6.45) is 2.82. The molecule has 1 aliphatic rings. The lowest BCUT2D eigenvalue weighted by Crippen LogP contribution is -2.42. The number of amides is 2. The molecule has 1 aliphatic heterocycles. The first-order valence-corrected chi connectivity index (χ1v) is 15.0. The number of hydrogen-bond donors (Lipinski definition) is 2. The lowest BCUT2D eigenvalue weighted by molar-refractivity contribution is -0.106. The zero-order chi connectivity index (χ0) is 32.8. The van der Waals surface area contributed by atoms with Crippen LogP contribution in [0.5, 0.6) is 0 Å². The molecule has 0 unspecified atom stereocenters. The quantitative estimate of drug-likeness (QED) is 0.176. The van der Waals surface area contributed by atoms with Gasteiger partial charge in [0, 0.05) is 56.4 Å². The van der Waals surface area contributed by atoms with Gasteiger partial charge in [-0.25, -0.2) is 8.78 Å². The Morgan fingerprint density at radius 3 is 2.15 bits per heavy atom. The number of methoxy groups -OCH3 is 2. The van der Waals surface area contributed by atoms with Crippen molar-refractivity contribution in [2.75, 3.05) is 37.9 Å². The number of ether oxygens (including phenoxy) is 2. The first-order valence-electron chi connectivity index (χ1n) is 14.7. The van der Waals surface area contributed by atoms with Crippen molar-refractivity contribution in [2.24, 2.45) is 0 Å². The summed E-state index contributed by atoms with van der Waals surface area (Å²) in [5.41, 5.74) is 4.94. The third kappa shape index (κ3) is 7.73. The van der Waals surface area contributed by atoms with Gasteiger partial charge in [-0.2, -0.15) is 0 Å². The topological polar surface area (TPSA) is 106 Å². The highest BCUT2D eigenvalue weighted by Crippen LogP contribution is 2.37. The fourth-order valence-electron chi connectivity index (χ4n) is 5.41. The Morgan fingerprint density at radius 2 is 1.54 bits per heavy atom. The van der Waals surface area contributed by atoms with Crippen LogP contribution in [-0.2, 0) is 16.0 Å². The van der Waals surface area contributed by atoms with Crippen LogP contribution in [0.3, 0.4) is 0 Å². The molecule has 0 atom stereocenters. The molecule has 5 rings (SSSR count). The largest absolute Gasteiger partial charge is 0.352 e. The molecule has 4 aromatic rings. The van der Waals surface area contributed by atoms with Gasteiger partial charge in [0.1, 0.15) is 11.4 Å². The molecule has 2 aromatic heterocycles. The second-order valence-electron chi connectivity index (χ2n) is 11.1. The van der Waals surface area contributed by atoms with Crippen LogP contribution in [0.2, 0.25) is 5.02 Å². The Hall–Kier alpha value is -4.29. The summed E-state index contributed by atoms with van der Waals surface area (Å²) < 4.78 is 38.0. The highest BCUT2D eigenvalue weighted by atomic mass is 35.5. The van der Waals surface area contributed by atoms with Gasteiger partial charge in [-0.3, -0.25) is 24.5 Å². The SMILES string of the molecule is COC(OC)c1ccc(C(=O)Nc2cccc(-c3cccc(NC(=O)c4ccc(CN5CCCC(F)(F)C5)cn4)c3Cl)c2C)nc1. The minimum atomic E-state index is -2.68. The van der Waals surface area contributed by atoms with E-state index in [1.165, 1.54) is 26.6 Å². The number of alkyl halides is 2. The van der Waals surface area contributed by atoms with Crippen molar-refractivity contribution in [2.45, 2.75) is 38.5 Å². The zero-order valence-corrected chi connectivity index (χ0v) is 26.4. The zero-order valence-electron chi connectivity index (χ0n) is 25.6. The molecular formula is C34H34ClF2N5O4. The molecule has 9 nitrogen and oxygen atoms in total. The van der Waals surface area contributed by atoms with Crippen molar-refractivity contribution in [3.05, 3.63) is 106 Å². The second kappa shape index (κ2) is 14.4. The standard InChI is InChI=1S/C34H34ClF2N5O4/c1-21-24(7-4-9-26(21)40-31(43)29-14-12-23(18-39-29)33(45-2)46-3)25-8-5-10-27(30(25)35)41-32(44)28-13-11-22(17-38-28)19-42-16-6-15-34(36,37)20-42/h4-5,7-14,17-18,33H,6,15-16,19-20H2,1-3H3,(H,40,43)(H,41,44). The molecule has 3 heterocycles.